The molecule has 0 spiro atoms. The van der Waals surface area contributed by atoms with Gasteiger partial charge in [-0.25, -0.2) is 0 Å². The zero-order valence-electron chi connectivity index (χ0n) is 21.3. The summed E-state index contributed by atoms with van der Waals surface area (Å²) in [4.78, 5) is 37.3. The summed E-state index contributed by atoms with van der Waals surface area (Å²) in [7, 11) is 1.59. The van der Waals surface area contributed by atoms with Crippen LogP contribution in [0, 0.1) is 5.92 Å². The standard InChI is InChI=1S/C28H34N2O5/c1-16(2)8-7-9-17(3)24-27(33)25(18(4)26(32)28(24)34)30-15-20(12-13-29-19(5)31)22-14-21(35-6)10-11-23(22)30/h8,10-11,14-15,17,33H,7,9,12-13H2,1-6H3,(H,29,31)/t17-/m1/s1. The van der Waals surface area contributed by atoms with Gasteiger partial charge < -0.3 is 19.7 Å². The molecule has 0 aliphatic heterocycles. The Morgan fingerprint density at radius 1 is 1.20 bits per heavy atom. The monoisotopic (exact) mass is 478 g/mol. The first-order chi connectivity index (χ1) is 16.6. The number of Topliss-reactive ketones (excluding diaryl/α,β-unsaturated/α-hetero) is 2. The van der Waals surface area contributed by atoms with Crippen LogP contribution in [0.15, 0.2) is 53.0 Å². The third-order valence-corrected chi connectivity index (χ3v) is 6.37. The first-order valence-corrected chi connectivity index (χ1v) is 11.9. The fraction of sp³-hybridized carbons (Fsp3) is 0.393. The average molecular weight is 479 g/mol. The van der Waals surface area contributed by atoms with Gasteiger partial charge in [0.05, 0.1) is 23.9 Å². The number of rotatable bonds is 9. The number of hydrogen-bond donors (Lipinski definition) is 2. The lowest BCUT2D eigenvalue weighted by Crippen LogP contribution is -2.29. The molecule has 0 saturated heterocycles. The number of fused-ring (bicyclic) bond motifs is 1. The highest BCUT2D eigenvalue weighted by Crippen LogP contribution is 2.37. The lowest BCUT2D eigenvalue weighted by molar-refractivity contribution is -0.132. The van der Waals surface area contributed by atoms with Gasteiger partial charge in [-0.2, -0.15) is 0 Å². The van der Waals surface area contributed by atoms with Gasteiger partial charge in [-0.15, -0.1) is 0 Å². The molecule has 7 nitrogen and oxygen atoms in total. The van der Waals surface area contributed by atoms with E-state index in [-0.39, 0.29) is 28.7 Å². The minimum Gasteiger partial charge on any atom is -0.505 e. The van der Waals surface area contributed by atoms with Gasteiger partial charge in [-0.3, -0.25) is 14.4 Å². The van der Waals surface area contributed by atoms with Crippen molar-refractivity contribution in [3.8, 4) is 5.75 Å². The van der Waals surface area contributed by atoms with Crippen molar-refractivity contribution >= 4 is 34.1 Å². The van der Waals surface area contributed by atoms with Gasteiger partial charge in [0.1, 0.15) is 11.5 Å². The van der Waals surface area contributed by atoms with E-state index in [4.69, 9.17) is 4.74 Å². The molecule has 1 aliphatic rings. The van der Waals surface area contributed by atoms with Crippen molar-refractivity contribution in [2.45, 2.75) is 53.9 Å². The average Bonchev–Trinajstić information content (AvgIpc) is 3.14. The van der Waals surface area contributed by atoms with E-state index in [0.717, 1.165) is 22.9 Å². The number of ketones is 2. The summed E-state index contributed by atoms with van der Waals surface area (Å²) in [6.07, 6.45) is 5.88. The Hall–Kier alpha value is -3.61. The summed E-state index contributed by atoms with van der Waals surface area (Å²) in [6, 6.07) is 5.57. The molecular weight excluding hydrogens is 444 g/mol. The van der Waals surface area contributed by atoms with Crippen LogP contribution in [0.5, 0.6) is 5.75 Å². The third-order valence-electron chi connectivity index (χ3n) is 6.37. The Balaban J connectivity index is 2.14. The highest BCUT2D eigenvalue weighted by Gasteiger charge is 2.36. The highest BCUT2D eigenvalue weighted by atomic mass is 16.5. The Bertz CT molecular complexity index is 1270. The lowest BCUT2D eigenvalue weighted by Gasteiger charge is -2.24. The molecule has 3 rings (SSSR count). The van der Waals surface area contributed by atoms with Gasteiger partial charge in [0.15, 0.2) is 0 Å². The van der Waals surface area contributed by atoms with E-state index in [0.29, 0.717) is 30.8 Å². The SMILES string of the molecule is COc1ccc2c(c1)c(CCNC(C)=O)cn2C1=C(C)C(=O)C(=O)C([C@H](C)CCC=C(C)C)=C1O. The molecule has 1 aromatic heterocycles. The first-order valence-electron chi connectivity index (χ1n) is 11.9. The summed E-state index contributed by atoms with van der Waals surface area (Å²) in [5, 5.41) is 15.1. The Kier molecular flexibility index (Phi) is 7.99. The Morgan fingerprint density at radius 2 is 1.91 bits per heavy atom. The van der Waals surface area contributed by atoms with Gasteiger partial charge in [0, 0.05) is 30.6 Å². The number of aliphatic hydroxyl groups is 1. The number of amides is 1. The van der Waals surface area contributed by atoms with E-state index in [1.165, 1.54) is 12.5 Å². The zero-order valence-corrected chi connectivity index (χ0v) is 21.3. The van der Waals surface area contributed by atoms with Crippen molar-refractivity contribution in [1.82, 2.24) is 9.88 Å². The van der Waals surface area contributed by atoms with Crippen molar-refractivity contribution in [3.05, 3.63) is 58.5 Å². The zero-order chi connectivity index (χ0) is 25.9. The number of aliphatic hydroxyl groups excluding tert-OH is 1. The minimum atomic E-state index is -0.641. The number of nitrogens with one attached hydrogen (secondary N) is 1. The van der Waals surface area contributed by atoms with Crippen LogP contribution in [0.4, 0.5) is 0 Å². The van der Waals surface area contributed by atoms with Crippen LogP contribution in [0.1, 0.15) is 53.0 Å². The van der Waals surface area contributed by atoms with Gasteiger partial charge in [-0.1, -0.05) is 18.6 Å². The predicted molar refractivity (Wildman–Crippen MR) is 137 cm³/mol. The second-order valence-electron chi connectivity index (χ2n) is 9.29. The van der Waals surface area contributed by atoms with Gasteiger partial charge in [0.2, 0.25) is 17.5 Å². The van der Waals surface area contributed by atoms with Crippen LogP contribution in [0.25, 0.3) is 16.6 Å². The molecule has 1 aliphatic carbocycles. The molecule has 0 bridgehead atoms. The van der Waals surface area contributed by atoms with Crippen molar-refractivity contribution in [3.63, 3.8) is 0 Å². The molecular formula is C28H34N2O5. The normalized spacial score (nSPS) is 15.0. The minimum absolute atomic E-state index is 0.117. The van der Waals surface area contributed by atoms with E-state index >= 15 is 0 Å². The van der Waals surface area contributed by atoms with Crippen molar-refractivity contribution in [2.75, 3.05) is 13.7 Å². The molecule has 186 valence electrons. The summed E-state index contributed by atoms with van der Waals surface area (Å²) in [5.74, 6) is -1.13. The van der Waals surface area contributed by atoms with Crippen LogP contribution < -0.4 is 10.1 Å². The number of carbonyl (C=O) groups is 3. The number of nitrogens with zero attached hydrogens (tertiary/aromatic N) is 1. The van der Waals surface area contributed by atoms with E-state index in [1.54, 1.807) is 18.6 Å². The van der Waals surface area contributed by atoms with Gasteiger partial charge >= 0.3 is 0 Å². The smallest absolute Gasteiger partial charge is 0.233 e. The van der Waals surface area contributed by atoms with Crippen LogP contribution in [0.3, 0.4) is 0 Å². The van der Waals surface area contributed by atoms with E-state index in [9.17, 15) is 19.5 Å². The number of methoxy groups -OCH3 is 1. The van der Waals surface area contributed by atoms with Crippen molar-refractivity contribution in [2.24, 2.45) is 5.92 Å². The van der Waals surface area contributed by atoms with Crippen LogP contribution in [-0.2, 0) is 20.8 Å². The molecule has 1 aromatic carbocycles. The molecule has 2 aromatic rings. The fourth-order valence-electron chi connectivity index (χ4n) is 4.49. The number of ether oxygens (including phenoxy) is 1. The largest absolute Gasteiger partial charge is 0.505 e. The lowest BCUT2D eigenvalue weighted by atomic mass is 9.83. The summed E-state index contributed by atoms with van der Waals surface area (Å²) >= 11 is 0. The Labute approximate surface area is 206 Å². The molecule has 35 heavy (non-hydrogen) atoms. The molecule has 1 heterocycles. The summed E-state index contributed by atoms with van der Waals surface area (Å²) < 4.78 is 7.17. The van der Waals surface area contributed by atoms with E-state index < -0.39 is 11.6 Å². The predicted octanol–water partition coefficient (Wildman–Crippen LogP) is 4.91. The number of benzene rings is 1. The molecule has 7 heteroatoms. The fourth-order valence-corrected chi connectivity index (χ4v) is 4.49. The first kappa shape index (κ1) is 26.0. The maximum absolute atomic E-state index is 13.0. The molecule has 0 fully saturated rings. The van der Waals surface area contributed by atoms with Crippen molar-refractivity contribution < 1.29 is 24.2 Å². The van der Waals surface area contributed by atoms with E-state index in [1.807, 2.05) is 45.2 Å². The Morgan fingerprint density at radius 3 is 2.54 bits per heavy atom. The van der Waals surface area contributed by atoms with Gasteiger partial charge in [0.25, 0.3) is 0 Å². The molecule has 0 unspecified atom stereocenters. The number of hydrogen-bond acceptors (Lipinski definition) is 5. The maximum Gasteiger partial charge on any atom is 0.233 e. The molecule has 0 saturated carbocycles. The quantitative estimate of drug-likeness (QED) is 0.303. The van der Waals surface area contributed by atoms with Crippen LogP contribution in [-0.4, -0.2) is 40.8 Å². The van der Waals surface area contributed by atoms with Crippen LogP contribution >= 0.6 is 0 Å². The number of carbonyl (C=O) groups excluding carboxylic acids is 3. The maximum atomic E-state index is 13.0. The second-order valence-corrected chi connectivity index (χ2v) is 9.29. The topological polar surface area (TPSA) is 97.6 Å². The molecule has 0 radical (unpaired) electrons. The highest BCUT2D eigenvalue weighted by molar-refractivity contribution is 6.51. The molecule has 2 N–H and O–H groups in total. The van der Waals surface area contributed by atoms with Crippen molar-refractivity contribution in [1.29, 1.82) is 0 Å². The van der Waals surface area contributed by atoms with E-state index in [2.05, 4.69) is 11.4 Å². The van der Waals surface area contributed by atoms with Crippen LogP contribution in [0.2, 0.25) is 0 Å². The third kappa shape index (κ3) is 5.39. The summed E-state index contributed by atoms with van der Waals surface area (Å²) in [5.41, 5.74) is 3.55. The number of aromatic nitrogens is 1. The van der Waals surface area contributed by atoms with Gasteiger partial charge in [-0.05, 0) is 69.7 Å². The second kappa shape index (κ2) is 10.8. The number of allylic oxidation sites excluding steroid dienone is 5. The molecule has 1 atom stereocenters. The molecule has 1 amide bonds. The summed E-state index contributed by atoms with van der Waals surface area (Å²) in [6.45, 7) is 9.37.